The smallest absolute Gasteiger partial charge is 0.212 e. The first-order chi connectivity index (χ1) is 13.2. The topological polar surface area (TPSA) is 64.9 Å². The second kappa shape index (κ2) is 6.44. The quantitative estimate of drug-likeness (QED) is 0.515. The lowest BCUT2D eigenvalue weighted by Crippen LogP contribution is -2.14. The van der Waals surface area contributed by atoms with Crippen LogP contribution in [0.25, 0.3) is 22.3 Å². The molecule has 1 atom stereocenters. The number of benzene rings is 2. The van der Waals surface area contributed by atoms with Crippen LogP contribution >= 0.6 is 23.4 Å². The van der Waals surface area contributed by atoms with Crippen LogP contribution in [0, 0.1) is 0 Å². The molecule has 1 unspecified atom stereocenters. The zero-order valence-corrected chi connectivity index (χ0v) is 15.8. The number of nitrogens with one attached hydrogen (secondary N) is 1. The van der Waals surface area contributed by atoms with Gasteiger partial charge in [-0.1, -0.05) is 41.6 Å². The van der Waals surface area contributed by atoms with E-state index in [0.717, 1.165) is 38.8 Å². The van der Waals surface area contributed by atoms with E-state index < -0.39 is 0 Å². The summed E-state index contributed by atoms with van der Waals surface area (Å²) in [6, 6.07) is 17.7. The molecule has 0 fully saturated rings. The number of ether oxygens (including phenoxy) is 1. The van der Waals surface area contributed by atoms with E-state index in [1.807, 2.05) is 53.2 Å². The summed E-state index contributed by atoms with van der Waals surface area (Å²) in [7, 11) is 1.65. The molecule has 8 heteroatoms. The first-order valence-electron chi connectivity index (χ1n) is 8.31. The molecule has 0 aliphatic carbocycles. The van der Waals surface area contributed by atoms with Crippen LogP contribution in [0.2, 0.25) is 5.15 Å². The fraction of sp³-hybridized carbons (Fsp3) is 0.105. The molecule has 0 radical (unpaired) electrons. The number of halogens is 1. The maximum atomic E-state index is 6.46. The number of fused-ring (bicyclic) bond motifs is 2. The third kappa shape index (κ3) is 2.79. The van der Waals surface area contributed by atoms with Gasteiger partial charge in [0.1, 0.15) is 16.3 Å². The number of nitrogens with zero attached hydrogens (tertiary/aromatic N) is 4. The highest BCUT2D eigenvalue weighted by molar-refractivity contribution is 7.99. The van der Waals surface area contributed by atoms with Gasteiger partial charge in [0, 0.05) is 16.5 Å². The molecule has 0 spiro atoms. The van der Waals surface area contributed by atoms with Crippen LogP contribution in [0.3, 0.4) is 0 Å². The van der Waals surface area contributed by atoms with Crippen LogP contribution in [0.4, 0.5) is 0 Å². The van der Waals surface area contributed by atoms with Crippen LogP contribution in [0.15, 0.2) is 59.8 Å². The summed E-state index contributed by atoms with van der Waals surface area (Å²) >= 11 is 8.02. The lowest BCUT2D eigenvalue weighted by atomic mass is 10.1. The van der Waals surface area contributed by atoms with Crippen molar-refractivity contribution in [3.05, 3.63) is 65.3 Å². The first kappa shape index (κ1) is 16.4. The van der Waals surface area contributed by atoms with Crippen LogP contribution < -0.4 is 10.2 Å². The molecule has 0 bridgehead atoms. The van der Waals surface area contributed by atoms with Gasteiger partial charge in [0.25, 0.3) is 0 Å². The Labute approximate surface area is 164 Å². The van der Waals surface area contributed by atoms with Crippen molar-refractivity contribution in [2.24, 2.45) is 0 Å². The Kier molecular flexibility index (Phi) is 3.91. The van der Waals surface area contributed by atoms with Crippen molar-refractivity contribution < 1.29 is 4.74 Å². The second-order valence-electron chi connectivity index (χ2n) is 6.06. The summed E-state index contributed by atoms with van der Waals surface area (Å²) in [4.78, 5) is 4.52. The summed E-state index contributed by atoms with van der Waals surface area (Å²) in [5, 5.41) is 10.8. The molecule has 2 aromatic heterocycles. The standard InChI is InChI=1S/C19H14ClN5OS/c1-26-13-8-6-11(7-9-13)17-22-23-19-25(17)24-18(27-19)14-10-12-4-2-3-5-15(12)21-16(14)20/h2-10,18,24H,1H3. The van der Waals surface area contributed by atoms with Crippen LogP contribution in [0.5, 0.6) is 5.75 Å². The molecule has 0 saturated heterocycles. The zero-order chi connectivity index (χ0) is 18.4. The van der Waals surface area contributed by atoms with Crippen molar-refractivity contribution in [1.82, 2.24) is 19.9 Å². The summed E-state index contributed by atoms with van der Waals surface area (Å²) in [5.74, 6) is 1.54. The normalized spacial score (nSPS) is 15.6. The third-order valence-electron chi connectivity index (χ3n) is 4.44. The van der Waals surface area contributed by atoms with Crippen LogP contribution in [-0.4, -0.2) is 27.0 Å². The van der Waals surface area contributed by atoms with Gasteiger partial charge in [-0.3, -0.25) is 0 Å². The molecular weight excluding hydrogens is 382 g/mol. The molecule has 1 aliphatic heterocycles. The fourth-order valence-electron chi connectivity index (χ4n) is 3.06. The number of methoxy groups -OCH3 is 1. The monoisotopic (exact) mass is 395 g/mol. The summed E-state index contributed by atoms with van der Waals surface area (Å²) in [6.07, 6.45) is 0. The molecule has 1 N–H and O–H groups in total. The molecule has 134 valence electrons. The van der Waals surface area contributed by atoms with Crippen molar-refractivity contribution in [1.29, 1.82) is 0 Å². The molecule has 4 aromatic rings. The average molecular weight is 396 g/mol. The Morgan fingerprint density at radius 1 is 1.11 bits per heavy atom. The SMILES string of the molecule is COc1ccc(-c2nnc3n2NC(c2cc4ccccc4nc2Cl)S3)cc1. The second-order valence-corrected chi connectivity index (χ2v) is 7.49. The zero-order valence-electron chi connectivity index (χ0n) is 14.3. The van der Waals surface area contributed by atoms with Crippen molar-refractivity contribution >= 4 is 34.3 Å². The summed E-state index contributed by atoms with van der Waals surface area (Å²) in [5.41, 5.74) is 6.19. The molecule has 0 saturated carbocycles. The van der Waals surface area contributed by atoms with Crippen molar-refractivity contribution in [2.75, 3.05) is 12.5 Å². The molecule has 2 aromatic carbocycles. The van der Waals surface area contributed by atoms with Gasteiger partial charge in [-0.15, -0.1) is 10.2 Å². The summed E-state index contributed by atoms with van der Waals surface area (Å²) in [6.45, 7) is 0. The highest BCUT2D eigenvalue weighted by atomic mass is 35.5. The number of aromatic nitrogens is 4. The highest BCUT2D eigenvalue weighted by Crippen LogP contribution is 2.42. The first-order valence-corrected chi connectivity index (χ1v) is 9.57. The van der Waals surface area contributed by atoms with Crippen LogP contribution in [0.1, 0.15) is 10.9 Å². The van der Waals surface area contributed by atoms with E-state index in [4.69, 9.17) is 16.3 Å². The minimum absolute atomic E-state index is 0.0860. The highest BCUT2D eigenvalue weighted by Gasteiger charge is 2.30. The molecule has 5 rings (SSSR count). The van der Waals surface area contributed by atoms with E-state index in [2.05, 4.69) is 26.7 Å². The van der Waals surface area contributed by atoms with E-state index in [-0.39, 0.29) is 5.37 Å². The molecule has 27 heavy (non-hydrogen) atoms. The average Bonchev–Trinajstić information content (AvgIpc) is 3.28. The molecule has 1 aliphatic rings. The minimum Gasteiger partial charge on any atom is -0.497 e. The van der Waals surface area contributed by atoms with Gasteiger partial charge in [-0.2, -0.15) is 0 Å². The lowest BCUT2D eigenvalue weighted by Gasteiger charge is -2.14. The number of hydrogen-bond donors (Lipinski definition) is 1. The van der Waals surface area contributed by atoms with Gasteiger partial charge in [0.15, 0.2) is 5.82 Å². The molecule has 0 amide bonds. The van der Waals surface area contributed by atoms with E-state index >= 15 is 0 Å². The third-order valence-corrected chi connectivity index (χ3v) is 5.81. The Morgan fingerprint density at radius 3 is 2.74 bits per heavy atom. The van der Waals surface area contributed by atoms with Crippen molar-refractivity contribution in [3.63, 3.8) is 0 Å². The Balaban J connectivity index is 1.49. The Bertz CT molecular complexity index is 1140. The largest absolute Gasteiger partial charge is 0.497 e. The predicted molar refractivity (Wildman–Crippen MR) is 107 cm³/mol. The lowest BCUT2D eigenvalue weighted by molar-refractivity contribution is 0.415. The Hall–Kier alpha value is -2.77. The van der Waals surface area contributed by atoms with E-state index in [1.54, 1.807) is 18.9 Å². The van der Waals surface area contributed by atoms with Gasteiger partial charge < -0.3 is 10.2 Å². The van der Waals surface area contributed by atoms with E-state index in [9.17, 15) is 0 Å². The van der Waals surface area contributed by atoms with Gasteiger partial charge in [0.05, 0.1) is 12.6 Å². The number of rotatable bonds is 3. The van der Waals surface area contributed by atoms with E-state index in [1.165, 1.54) is 0 Å². The number of para-hydroxylation sites is 1. The van der Waals surface area contributed by atoms with Crippen molar-refractivity contribution in [2.45, 2.75) is 10.5 Å². The van der Waals surface area contributed by atoms with Gasteiger partial charge in [-0.05, 0) is 36.4 Å². The molecular formula is C19H14ClN5OS. The van der Waals surface area contributed by atoms with Gasteiger partial charge >= 0.3 is 0 Å². The molecule has 6 nitrogen and oxygen atoms in total. The van der Waals surface area contributed by atoms with Crippen LogP contribution in [-0.2, 0) is 0 Å². The predicted octanol–water partition coefficient (Wildman–Crippen LogP) is 4.50. The van der Waals surface area contributed by atoms with Crippen molar-refractivity contribution in [3.8, 4) is 17.1 Å². The number of pyridine rings is 1. The minimum atomic E-state index is -0.0860. The van der Waals surface area contributed by atoms with Gasteiger partial charge in [-0.25, -0.2) is 9.66 Å². The van der Waals surface area contributed by atoms with Gasteiger partial charge in [0.2, 0.25) is 5.16 Å². The summed E-state index contributed by atoms with van der Waals surface area (Å²) < 4.78 is 7.11. The fourth-order valence-corrected chi connectivity index (χ4v) is 4.39. The maximum absolute atomic E-state index is 6.46. The maximum Gasteiger partial charge on any atom is 0.212 e. The van der Waals surface area contributed by atoms with E-state index in [0.29, 0.717) is 5.15 Å². The molecule has 3 heterocycles. The number of thioether (sulfide) groups is 1. The Morgan fingerprint density at radius 2 is 1.93 bits per heavy atom. The number of hydrogen-bond acceptors (Lipinski definition) is 6.